The molecule has 0 saturated heterocycles. The molecule has 3 N–H and O–H groups in total. The monoisotopic (exact) mass is 324 g/mol. The molecule has 0 unspecified atom stereocenters. The van der Waals surface area contributed by atoms with Crippen molar-refractivity contribution in [1.82, 2.24) is 0 Å². The highest BCUT2D eigenvalue weighted by molar-refractivity contribution is 7.94. The van der Waals surface area contributed by atoms with E-state index in [4.69, 9.17) is 10.4 Å². The number of nitriles is 1. The van der Waals surface area contributed by atoms with Crippen LogP contribution in [0.5, 0.6) is 5.75 Å². The second kappa shape index (κ2) is 5.43. The van der Waals surface area contributed by atoms with Gasteiger partial charge < -0.3 is 10.2 Å². The summed E-state index contributed by atoms with van der Waals surface area (Å²) in [5, 5.41) is 27.0. The summed E-state index contributed by atoms with van der Waals surface area (Å²) < 4.78 is 26.3. The first kappa shape index (κ1) is 14.8. The van der Waals surface area contributed by atoms with Gasteiger partial charge in [-0.2, -0.15) is 5.26 Å². The van der Waals surface area contributed by atoms with Crippen LogP contribution >= 0.6 is 11.3 Å². The molecule has 0 aliphatic rings. The molecule has 0 atom stereocenters. The van der Waals surface area contributed by atoms with Crippen LogP contribution in [0.15, 0.2) is 34.5 Å². The molecule has 0 radical (unpaired) electrons. The van der Waals surface area contributed by atoms with E-state index in [-0.39, 0.29) is 26.1 Å². The summed E-state index contributed by atoms with van der Waals surface area (Å²) in [6, 6.07) is 7.69. The molecule has 0 aliphatic carbocycles. The van der Waals surface area contributed by atoms with Crippen LogP contribution in [-0.4, -0.2) is 24.6 Å². The molecular formula is C12H8N2O5S2. The van der Waals surface area contributed by atoms with Crippen LogP contribution in [0.4, 0.5) is 5.69 Å². The minimum absolute atomic E-state index is 0.108. The molecule has 2 rings (SSSR count). The molecular weight excluding hydrogens is 316 g/mol. The molecule has 1 heterocycles. The topological polar surface area (TPSA) is 127 Å². The van der Waals surface area contributed by atoms with Gasteiger partial charge in [0, 0.05) is 0 Å². The number of phenols is 1. The van der Waals surface area contributed by atoms with Crippen LogP contribution < -0.4 is 4.72 Å². The number of rotatable bonds is 4. The lowest BCUT2D eigenvalue weighted by Crippen LogP contribution is -2.14. The second-order valence-electron chi connectivity index (χ2n) is 3.87. The average molecular weight is 324 g/mol. The lowest BCUT2D eigenvalue weighted by Gasteiger charge is -2.09. The van der Waals surface area contributed by atoms with E-state index in [9.17, 15) is 18.3 Å². The first-order valence-corrected chi connectivity index (χ1v) is 7.72. The van der Waals surface area contributed by atoms with E-state index in [0.29, 0.717) is 0 Å². The summed E-state index contributed by atoms with van der Waals surface area (Å²) in [7, 11) is -4.00. The molecule has 1 aromatic carbocycles. The Labute approximate surface area is 123 Å². The van der Waals surface area contributed by atoms with E-state index in [2.05, 4.69) is 4.72 Å². The number of hydrogen-bond acceptors (Lipinski definition) is 6. The molecule has 108 valence electrons. The number of thiophene rings is 1. The van der Waals surface area contributed by atoms with Crippen molar-refractivity contribution in [3.8, 4) is 11.8 Å². The van der Waals surface area contributed by atoms with Crippen molar-refractivity contribution >= 4 is 33.0 Å². The van der Waals surface area contributed by atoms with Gasteiger partial charge in [0.1, 0.15) is 20.9 Å². The van der Waals surface area contributed by atoms with Gasteiger partial charge in [-0.05, 0) is 30.3 Å². The molecule has 0 aliphatic heterocycles. The summed E-state index contributed by atoms with van der Waals surface area (Å²) in [6.07, 6.45) is 0. The molecule has 0 fully saturated rings. The number of carbonyl (C=O) groups is 1. The van der Waals surface area contributed by atoms with Crippen LogP contribution in [0.2, 0.25) is 0 Å². The third-order valence-corrected chi connectivity index (χ3v) is 5.28. The van der Waals surface area contributed by atoms with E-state index in [1.807, 2.05) is 6.07 Å². The Morgan fingerprint density at radius 2 is 2.00 bits per heavy atom. The van der Waals surface area contributed by atoms with E-state index >= 15 is 0 Å². The van der Waals surface area contributed by atoms with Gasteiger partial charge in [0.25, 0.3) is 10.0 Å². The SMILES string of the molecule is N#Cc1ccc(S(=O)(=O)Nc2ccc(O)cc2C(=O)O)s1. The maximum atomic E-state index is 12.1. The van der Waals surface area contributed by atoms with E-state index < -0.39 is 16.0 Å². The van der Waals surface area contributed by atoms with Gasteiger partial charge in [0.15, 0.2) is 0 Å². The highest BCUT2D eigenvalue weighted by Gasteiger charge is 2.20. The first-order valence-electron chi connectivity index (χ1n) is 5.42. The maximum absolute atomic E-state index is 12.1. The summed E-state index contributed by atoms with van der Waals surface area (Å²) in [5.41, 5.74) is -0.553. The molecule has 0 amide bonds. The van der Waals surface area contributed by atoms with E-state index in [1.54, 1.807) is 0 Å². The molecule has 7 nitrogen and oxygen atoms in total. The van der Waals surface area contributed by atoms with Crippen molar-refractivity contribution < 1.29 is 23.4 Å². The molecule has 0 spiro atoms. The maximum Gasteiger partial charge on any atom is 0.337 e. The Bertz CT molecular complexity index is 849. The number of carboxylic acid groups (broad SMARTS) is 1. The Morgan fingerprint density at radius 1 is 1.29 bits per heavy atom. The minimum atomic E-state index is -4.00. The predicted molar refractivity (Wildman–Crippen MR) is 74.9 cm³/mol. The number of benzene rings is 1. The zero-order chi connectivity index (χ0) is 15.6. The third-order valence-electron chi connectivity index (χ3n) is 2.43. The Hall–Kier alpha value is -2.57. The number of aromatic hydroxyl groups is 1. The lowest BCUT2D eigenvalue weighted by atomic mass is 10.2. The normalized spacial score (nSPS) is 10.8. The summed E-state index contributed by atoms with van der Waals surface area (Å²) in [6.45, 7) is 0. The van der Waals surface area contributed by atoms with Gasteiger partial charge in [0.2, 0.25) is 0 Å². The third kappa shape index (κ3) is 3.13. The number of sulfonamides is 1. The number of hydrogen-bond donors (Lipinski definition) is 3. The van der Waals surface area contributed by atoms with Gasteiger partial charge in [-0.15, -0.1) is 11.3 Å². The van der Waals surface area contributed by atoms with Crippen LogP contribution in [0.3, 0.4) is 0 Å². The number of anilines is 1. The highest BCUT2D eigenvalue weighted by atomic mass is 32.2. The van der Waals surface area contributed by atoms with Crippen molar-refractivity contribution in [3.05, 3.63) is 40.8 Å². The van der Waals surface area contributed by atoms with E-state index in [0.717, 1.165) is 23.5 Å². The fourth-order valence-corrected chi connectivity index (χ4v) is 3.70. The zero-order valence-electron chi connectivity index (χ0n) is 10.3. The Balaban J connectivity index is 2.42. The van der Waals surface area contributed by atoms with Crippen molar-refractivity contribution in [2.24, 2.45) is 0 Å². The molecule has 0 saturated carbocycles. The number of carboxylic acids is 1. The number of phenolic OH excluding ortho intramolecular Hbond substituents is 1. The van der Waals surface area contributed by atoms with Crippen molar-refractivity contribution in [1.29, 1.82) is 5.26 Å². The predicted octanol–water partition coefficient (Wildman–Crippen LogP) is 1.82. The van der Waals surface area contributed by atoms with Crippen LogP contribution in [0, 0.1) is 11.3 Å². The number of nitrogens with one attached hydrogen (secondary N) is 1. The van der Waals surface area contributed by atoms with Crippen molar-refractivity contribution in [2.45, 2.75) is 4.21 Å². The summed E-state index contributed by atoms with van der Waals surface area (Å²) in [5.74, 6) is -1.68. The first-order chi connectivity index (χ1) is 9.83. The van der Waals surface area contributed by atoms with Crippen LogP contribution in [0.25, 0.3) is 0 Å². The van der Waals surface area contributed by atoms with Gasteiger partial charge in [0.05, 0.1) is 11.3 Å². The standard InChI is InChI=1S/C12H8N2O5S2/c13-6-8-2-4-11(20-8)21(18,19)14-10-3-1-7(15)5-9(10)12(16)17/h1-5,14-15H,(H,16,17). The van der Waals surface area contributed by atoms with Gasteiger partial charge in [-0.25, -0.2) is 13.2 Å². The van der Waals surface area contributed by atoms with Crippen molar-refractivity contribution in [3.63, 3.8) is 0 Å². The minimum Gasteiger partial charge on any atom is -0.508 e. The Kier molecular flexibility index (Phi) is 3.84. The van der Waals surface area contributed by atoms with Crippen molar-refractivity contribution in [2.75, 3.05) is 4.72 Å². The van der Waals surface area contributed by atoms with Gasteiger partial charge >= 0.3 is 5.97 Å². The summed E-state index contributed by atoms with van der Waals surface area (Å²) >= 11 is 0.768. The fourth-order valence-electron chi connectivity index (χ4n) is 1.52. The molecule has 0 bridgehead atoms. The zero-order valence-corrected chi connectivity index (χ0v) is 11.9. The number of aromatic carboxylic acids is 1. The second-order valence-corrected chi connectivity index (χ2v) is 6.86. The van der Waals surface area contributed by atoms with Crippen LogP contribution in [0.1, 0.15) is 15.2 Å². The fraction of sp³-hybridized carbons (Fsp3) is 0. The molecule has 1 aromatic heterocycles. The summed E-state index contributed by atoms with van der Waals surface area (Å²) in [4.78, 5) is 11.3. The van der Waals surface area contributed by atoms with Crippen LogP contribution in [-0.2, 0) is 10.0 Å². The molecule has 2 aromatic rings. The number of nitrogens with zero attached hydrogens (tertiary/aromatic N) is 1. The van der Waals surface area contributed by atoms with E-state index in [1.165, 1.54) is 18.2 Å². The lowest BCUT2D eigenvalue weighted by molar-refractivity contribution is 0.0697. The Morgan fingerprint density at radius 3 is 2.57 bits per heavy atom. The smallest absolute Gasteiger partial charge is 0.337 e. The largest absolute Gasteiger partial charge is 0.508 e. The quantitative estimate of drug-likeness (QED) is 0.736. The van der Waals surface area contributed by atoms with Gasteiger partial charge in [-0.1, -0.05) is 0 Å². The average Bonchev–Trinajstić information content (AvgIpc) is 2.90. The molecule has 21 heavy (non-hydrogen) atoms. The van der Waals surface area contributed by atoms with Gasteiger partial charge in [-0.3, -0.25) is 4.72 Å². The highest BCUT2D eigenvalue weighted by Crippen LogP contribution is 2.27. The molecule has 9 heteroatoms.